The fourth-order valence-electron chi connectivity index (χ4n) is 2.81. The Hall–Kier alpha value is -1.76. The van der Waals surface area contributed by atoms with Crippen LogP contribution in [0.25, 0.3) is 0 Å². The van der Waals surface area contributed by atoms with Crippen LogP contribution in [0.15, 0.2) is 24.3 Å². The fraction of sp³-hybridized carbons (Fsp3) is 0.632. The molecule has 146 valence electrons. The predicted molar refractivity (Wildman–Crippen MR) is 90.0 cm³/mol. The lowest BCUT2D eigenvalue weighted by molar-refractivity contribution is -0.147. The van der Waals surface area contributed by atoms with Crippen LogP contribution in [0.5, 0.6) is 5.75 Å². The van der Waals surface area contributed by atoms with Gasteiger partial charge >= 0.3 is 12.1 Å². The third-order valence-corrected chi connectivity index (χ3v) is 4.46. The molecule has 26 heavy (non-hydrogen) atoms. The Labute approximate surface area is 151 Å². The first-order valence-corrected chi connectivity index (χ1v) is 8.90. The number of ether oxygens (including phenoxy) is 3. The molecule has 7 heteroatoms. The van der Waals surface area contributed by atoms with Crippen molar-refractivity contribution < 1.29 is 32.2 Å². The molecule has 1 aliphatic heterocycles. The van der Waals surface area contributed by atoms with Crippen molar-refractivity contribution in [1.82, 2.24) is 0 Å². The van der Waals surface area contributed by atoms with Gasteiger partial charge in [-0.25, -0.2) is 4.79 Å². The number of methoxy groups -OCH3 is 1. The van der Waals surface area contributed by atoms with Crippen molar-refractivity contribution in [1.29, 1.82) is 0 Å². The van der Waals surface area contributed by atoms with E-state index in [2.05, 4.69) is 0 Å². The number of esters is 1. The van der Waals surface area contributed by atoms with E-state index in [4.69, 9.17) is 14.2 Å². The molecule has 1 unspecified atom stereocenters. The molecule has 1 heterocycles. The summed E-state index contributed by atoms with van der Waals surface area (Å²) in [5.74, 6) is -0.0402. The molecule has 4 nitrogen and oxygen atoms in total. The molecule has 0 amide bonds. The summed E-state index contributed by atoms with van der Waals surface area (Å²) in [5.41, 5.74) is -1.38. The molecule has 0 radical (unpaired) electrons. The van der Waals surface area contributed by atoms with Gasteiger partial charge in [0.15, 0.2) is 5.60 Å². The van der Waals surface area contributed by atoms with Gasteiger partial charge in [-0.1, -0.05) is 31.7 Å². The molecule has 2 rings (SSSR count). The topological polar surface area (TPSA) is 48.1 Å². The number of rotatable bonds is 11. The highest BCUT2D eigenvalue weighted by molar-refractivity contribution is 5.82. The minimum atomic E-state index is -4.35. The van der Waals surface area contributed by atoms with Crippen LogP contribution in [0, 0.1) is 0 Å². The maximum Gasteiger partial charge on any atom is 0.416 e. The monoisotopic (exact) mass is 374 g/mol. The van der Waals surface area contributed by atoms with E-state index in [9.17, 15) is 18.0 Å². The summed E-state index contributed by atoms with van der Waals surface area (Å²) in [4.78, 5) is 11.5. The number of hydrogen-bond donors (Lipinski definition) is 0. The number of carbonyl (C=O) groups excluding carboxylic acids is 1. The van der Waals surface area contributed by atoms with Crippen molar-refractivity contribution in [3.8, 4) is 5.75 Å². The van der Waals surface area contributed by atoms with E-state index < -0.39 is 17.3 Å². The van der Waals surface area contributed by atoms with Crippen LogP contribution in [-0.4, -0.2) is 31.9 Å². The predicted octanol–water partition coefficient (Wildman–Crippen LogP) is 4.76. The number of carbonyl (C=O) groups is 1. The first-order chi connectivity index (χ1) is 12.4. The van der Waals surface area contributed by atoms with Crippen molar-refractivity contribution in [2.24, 2.45) is 0 Å². The number of unbranched alkanes of at least 4 members (excludes halogenated alkanes) is 5. The molecular weight excluding hydrogens is 349 g/mol. The molecule has 0 bridgehead atoms. The average molecular weight is 374 g/mol. The summed E-state index contributed by atoms with van der Waals surface area (Å²) in [6.07, 6.45) is 2.09. The average Bonchev–Trinajstić information content (AvgIpc) is 3.40. The van der Waals surface area contributed by atoms with E-state index >= 15 is 0 Å². The van der Waals surface area contributed by atoms with Gasteiger partial charge in [-0.05, 0) is 37.5 Å². The second-order valence-electron chi connectivity index (χ2n) is 6.52. The summed E-state index contributed by atoms with van der Waals surface area (Å²) in [5, 5.41) is 0. The number of hydrogen-bond acceptors (Lipinski definition) is 4. The highest BCUT2D eigenvalue weighted by Crippen LogP contribution is 2.34. The molecule has 1 aliphatic rings. The molecule has 1 aromatic rings. The maximum absolute atomic E-state index is 12.6. The Balaban J connectivity index is 1.51. The van der Waals surface area contributed by atoms with Gasteiger partial charge in [0.05, 0.1) is 25.9 Å². The van der Waals surface area contributed by atoms with Crippen LogP contribution in [0.1, 0.15) is 50.5 Å². The minimum absolute atomic E-state index is 0.248. The lowest BCUT2D eigenvalue weighted by Crippen LogP contribution is -2.25. The first kappa shape index (κ1) is 20.6. The van der Waals surface area contributed by atoms with Crippen molar-refractivity contribution in [2.75, 3.05) is 20.3 Å². The summed E-state index contributed by atoms with van der Waals surface area (Å²) in [6.45, 7) is 0.854. The molecule has 0 aromatic heterocycles. The summed E-state index contributed by atoms with van der Waals surface area (Å²) < 4.78 is 53.2. The molecule has 1 fully saturated rings. The van der Waals surface area contributed by atoms with Gasteiger partial charge in [0.2, 0.25) is 0 Å². The fourth-order valence-corrected chi connectivity index (χ4v) is 2.81. The van der Waals surface area contributed by atoms with Crippen molar-refractivity contribution in [3.05, 3.63) is 29.8 Å². The van der Waals surface area contributed by atoms with E-state index in [0.29, 0.717) is 19.6 Å². The quantitative estimate of drug-likeness (QED) is 0.318. The largest absolute Gasteiger partial charge is 0.494 e. The first-order valence-electron chi connectivity index (χ1n) is 8.90. The number of alkyl halides is 3. The Bertz CT molecular complexity index is 582. The number of benzene rings is 1. The molecule has 0 saturated carbocycles. The van der Waals surface area contributed by atoms with Crippen LogP contribution in [-0.2, 0) is 20.4 Å². The Morgan fingerprint density at radius 3 is 2.42 bits per heavy atom. The Kier molecular flexibility index (Phi) is 7.32. The van der Waals surface area contributed by atoms with Gasteiger partial charge in [-0.15, -0.1) is 0 Å². The van der Waals surface area contributed by atoms with Gasteiger partial charge in [-0.2, -0.15) is 13.2 Å². The van der Waals surface area contributed by atoms with E-state index in [1.807, 2.05) is 0 Å². The van der Waals surface area contributed by atoms with Crippen molar-refractivity contribution in [3.63, 3.8) is 0 Å². The van der Waals surface area contributed by atoms with Gasteiger partial charge < -0.3 is 14.2 Å². The van der Waals surface area contributed by atoms with E-state index in [0.717, 1.165) is 50.7 Å². The SMILES string of the molecule is COC(=O)C1(CCCCCCCCOc2cccc(C(F)(F)F)c2)CO1. The van der Waals surface area contributed by atoms with Crippen LogP contribution >= 0.6 is 0 Å². The molecule has 0 N–H and O–H groups in total. The molecule has 1 aromatic carbocycles. The molecule has 0 aliphatic carbocycles. The highest BCUT2D eigenvalue weighted by atomic mass is 19.4. The smallest absolute Gasteiger partial charge is 0.416 e. The third kappa shape index (κ3) is 6.20. The molecule has 0 spiro atoms. The lowest BCUT2D eigenvalue weighted by Gasteiger charge is -2.10. The maximum atomic E-state index is 12.6. The van der Waals surface area contributed by atoms with Gasteiger partial charge in [0.1, 0.15) is 5.75 Å². The summed E-state index contributed by atoms with van der Waals surface area (Å²) in [7, 11) is 1.37. The molecular formula is C19H25F3O4. The van der Waals surface area contributed by atoms with Gasteiger partial charge in [-0.3, -0.25) is 0 Å². The summed E-state index contributed by atoms with van der Waals surface area (Å²) in [6, 6.07) is 4.94. The number of epoxide rings is 1. The second-order valence-corrected chi connectivity index (χ2v) is 6.52. The van der Waals surface area contributed by atoms with E-state index in [1.165, 1.54) is 19.2 Å². The Morgan fingerprint density at radius 2 is 1.81 bits per heavy atom. The number of halogens is 3. The minimum Gasteiger partial charge on any atom is -0.494 e. The van der Waals surface area contributed by atoms with Crippen LogP contribution in [0.2, 0.25) is 0 Å². The van der Waals surface area contributed by atoms with Gasteiger partial charge in [0, 0.05) is 0 Å². The van der Waals surface area contributed by atoms with Crippen LogP contribution in [0.4, 0.5) is 13.2 Å². The Morgan fingerprint density at radius 1 is 1.15 bits per heavy atom. The zero-order valence-corrected chi connectivity index (χ0v) is 14.9. The van der Waals surface area contributed by atoms with Crippen LogP contribution < -0.4 is 4.74 Å². The zero-order valence-electron chi connectivity index (χ0n) is 14.9. The zero-order chi connectivity index (χ0) is 19.0. The lowest BCUT2D eigenvalue weighted by atomic mass is 10.0. The molecule has 1 atom stereocenters. The highest BCUT2D eigenvalue weighted by Gasteiger charge is 2.52. The van der Waals surface area contributed by atoms with Crippen molar-refractivity contribution >= 4 is 5.97 Å². The van der Waals surface area contributed by atoms with E-state index in [-0.39, 0.29) is 11.7 Å². The molecule has 1 saturated heterocycles. The second kappa shape index (κ2) is 9.26. The standard InChI is InChI=1S/C19H25F3O4/c1-24-17(23)18(14-26-18)11-6-4-2-3-5-7-12-25-16-10-8-9-15(13-16)19(20,21)22/h8-10,13H,2-7,11-12,14H2,1H3. The van der Waals surface area contributed by atoms with Crippen molar-refractivity contribution in [2.45, 2.75) is 56.7 Å². The summed E-state index contributed by atoms with van der Waals surface area (Å²) >= 11 is 0. The van der Waals surface area contributed by atoms with E-state index in [1.54, 1.807) is 0 Å². The van der Waals surface area contributed by atoms with Crippen LogP contribution in [0.3, 0.4) is 0 Å². The van der Waals surface area contributed by atoms with Gasteiger partial charge in [0.25, 0.3) is 0 Å². The normalized spacial score (nSPS) is 19.2. The third-order valence-electron chi connectivity index (χ3n) is 4.46.